The molecule has 0 bridgehead atoms. The third kappa shape index (κ3) is 5.28. The van der Waals surface area contributed by atoms with Gasteiger partial charge in [0.2, 0.25) is 11.8 Å². The summed E-state index contributed by atoms with van der Waals surface area (Å²) >= 11 is 11.5. The first kappa shape index (κ1) is 21.6. The van der Waals surface area contributed by atoms with Crippen LogP contribution in [0.4, 0.5) is 0 Å². The second kappa shape index (κ2) is 9.13. The summed E-state index contributed by atoms with van der Waals surface area (Å²) < 4.78 is 0. The number of halogens is 2. The molecule has 0 aromatic heterocycles. The van der Waals surface area contributed by atoms with Crippen LogP contribution in [0.2, 0.25) is 10.0 Å². The molecule has 2 fully saturated rings. The summed E-state index contributed by atoms with van der Waals surface area (Å²) in [7, 11) is 0. The van der Waals surface area contributed by atoms with Crippen LogP contribution in [0.3, 0.4) is 0 Å². The molecule has 6 nitrogen and oxygen atoms in total. The van der Waals surface area contributed by atoms with E-state index in [1.54, 1.807) is 24.3 Å². The molecule has 154 valence electrons. The Morgan fingerprint density at radius 3 is 2.03 bits per heavy atom. The lowest BCUT2D eigenvalue weighted by Gasteiger charge is -2.23. The molecule has 2 aromatic carbocycles. The molecule has 2 amide bonds. The second-order valence-electron chi connectivity index (χ2n) is 7.34. The number of hydrogen-bond donors (Lipinski definition) is 4. The zero-order chi connectivity index (χ0) is 21.0. The first-order chi connectivity index (χ1) is 13.8. The molecule has 0 radical (unpaired) electrons. The van der Waals surface area contributed by atoms with Gasteiger partial charge in [0.15, 0.2) is 0 Å². The predicted molar refractivity (Wildman–Crippen MR) is 114 cm³/mol. The van der Waals surface area contributed by atoms with Crippen LogP contribution < -0.4 is 22.1 Å². The van der Waals surface area contributed by atoms with Crippen molar-refractivity contribution >= 4 is 35.0 Å². The van der Waals surface area contributed by atoms with Crippen LogP contribution in [0.5, 0.6) is 0 Å². The van der Waals surface area contributed by atoms with E-state index in [9.17, 15) is 9.59 Å². The van der Waals surface area contributed by atoms with Crippen LogP contribution >= 0.6 is 23.2 Å². The van der Waals surface area contributed by atoms with Gasteiger partial charge in [-0.05, 0) is 61.1 Å². The number of hydrogen-bond acceptors (Lipinski definition) is 4. The Morgan fingerprint density at radius 1 is 1.00 bits per heavy atom. The number of nitrogens with two attached hydrogens (primary N) is 2. The van der Waals surface area contributed by atoms with E-state index in [4.69, 9.17) is 34.7 Å². The average molecular weight is 435 g/mol. The summed E-state index contributed by atoms with van der Waals surface area (Å²) in [6, 6.07) is 13.2. The minimum atomic E-state index is -0.748. The molecule has 2 atom stereocenters. The lowest BCUT2D eigenvalue weighted by Crippen LogP contribution is -2.46. The Balaban J connectivity index is 0.000000177. The highest BCUT2D eigenvalue weighted by Gasteiger charge is 2.45. The van der Waals surface area contributed by atoms with Gasteiger partial charge >= 0.3 is 0 Å². The summed E-state index contributed by atoms with van der Waals surface area (Å²) in [5, 5.41) is 7.86. The van der Waals surface area contributed by atoms with Crippen LogP contribution in [0.25, 0.3) is 0 Å². The molecular formula is C21H24Cl2N4O2. The van der Waals surface area contributed by atoms with Crippen molar-refractivity contribution in [3.8, 4) is 0 Å². The monoisotopic (exact) mass is 434 g/mol. The number of nitrogens with one attached hydrogen (secondary N) is 2. The molecule has 2 aliphatic rings. The molecule has 8 heteroatoms. The van der Waals surface area contributed by atoms with Crippen molar-refractivity contribution in [3.63, 3.8) is 0 Å². The van der Waals surface area contributed by atoms with Gasteiger partial charge in [0.25, 0.3) is 0 Å². The van der Waals surface area contributed by atoms with Gasteiger partial charge < -0.3 is 16.8 Å². The van der Waals surface area contributed by atoms with Crippen molar-refractivity contribution in [2.24, 2.45) is 11.5 Å². The maximum Gasteiger partial charge on any atom is 0.243 e. The Labute approximate surface area is 179 Å². The Hall–Kier alpha value is -2.12. The maximum absolute atomic E-state index is 12.0. The van der Waals surface area contributed by atoms with E-state index in [1.807, 2.05) is 24.3 Å². The summed E-state index contributed by atoms with van der Waals surface area (Å²) in [6.45, 7) is 0. The van der Waals surface area contributed by atoms with Crippen molar-refractivity contribution in [1.29, 1.82) is 0 Å². The molecular weight excluding hydrogens is 411 g/mol. The fourth-order valence-corrected chi connectivity index (χ4v) is 3.91. The molecule has 2 aromatic rings. The van der Waals surface area contributed by atoms with Crippen molar-refractivity contribution in [3.05, 3.63) is 69.7 Å². The Kier molecular flexibility index (Phi) is 6.80. The van der Waals surface area contributed by atoms with E-state index >= 15 is 0 Å². The molecule has 1 aliphatic carbocycles. The van der Waals surface area contributed by atoms with Gasteiger partial charge in [-0.3, -0.25) is 14.9 Å². The lowest BCUT2D eigenvalue weighted by atomic mass is 10.1. The normalized spacial score (nSPS) is 20.7. The van der Waals surface area contributed by atoms with E-state index in [0.29, 0.717) is 15.6 Å². The second-order valence-corrected chi connectivity index (χ2v) is 8.21. The fourth-order valence-electron chi connectivity index (χ4n) is 3.66. The third-order valence-electron chi connectivity index (χ3n) is 5.24. The highest BCUT2D eigenvalue weighted by atomic mass is 35.5. The van der Waals surface area contributed by atoms with Crippen molar-refractivity contribution in [1.82, 2.24) is 10.6 Å². The van der Waals surface area contributed by atoms with Gasteiger partial charge in [-0.25, -0.2) is 0 Å². The number of rotatable bonds is 3. The Bertz CT molecular complexity index is 865. The zero-order valence-corrected chi connectivity index (χ0v) is 17.3. The molecule has 4 rings (SSSR count). The first-order valence-electron chi connectivity index (χ1n) is 9.45. The lowest BCUT2D eigenvalue weighted by molar-refractivity contribution is -0.121. The summed E-state index contributed by atoms with van der Waals surface area (Å²) in [5.41, 5.74) is 12.0. The topological polar surface area (TPSA) is 110 Å². The highest BCUT2D eigenvalue weighted by Crippen LogP contribution is 2.34. The van der Waals surface area contributed by atoms with E-state index in [2.05, 4.69) is 10.6 Å². The van der Waals surface area contributed by atoms with Crippen LogP contribution in [-0.2, 0) is 9.59 Å². The minimum Gasteiger partial charge on any atom is -0.368 e. The summed E-state index contributed by atoms with van der Waals surface area (Å²) in [4.78, 5) is 22.7. The molecule has 1 spiro atoms. The van der Waals surface area contributed by atoms with Gasteiger partial charge in [-0.15, -0.1) is 0 Å². The van der Waals surface area contributed by atoms with Crippen LogP contribution in [0.15, 0.2) is 48.5 Å². The largest absolute Gasteiger partial charge is 0.368 e. The number of amides is 2. The van der Waals surface area contributed by atoms with Gasteiger partial charge in [0, 0.05) is 10.0 Å². The van der Waals surface area contributed by atoms with Crippen LogP contribution in [-0.4, -0.2) is 17.5 Å². The molecule has 1 aliphatic heterocycles. The third-order valence-corrected chi connectivity index (χ3v) is 5.75. The standard InChI is InChI=1S/C13H15ClN2O.C8H9ClN2O/c14-10-5-3-9(4-6-10)11-12(17)16-13(15-11)7-1-2-8-13;9-6-3-1-5(2-4-6)7(10)8(11)12/h3-6,11,15H,1-2,7-8H2,(H,16,17);1-4,7H,10H2,(H2,11,12). The van der Waals surface area contributed by atoms with E-state index in [-0.39, 0.29) is 17.6 Å². The molecule has 2 unspecified atom stereocenters. The van der Waals surface area contributed by atoms with Gasteiger partial charge in [-0.1, -0.05) is 47.5 Å². The SMILES string of the molecule is NC(=O)C(N)c1ccc(Cl)cc1.O=C1NC2(CCCC2)NC1c1ccc(Cl)cc1. The van der Waals surface area contributed by atoms with E-state index in [1.165, 1.54) is 12.8 Å². The highest BCUT2D eigenvalue weighted by molar-refractivity contribution is 6.30. The Morgan fingerprint density at radius 2 is 1.52 bits per heavy atom. The van der Waals surface area contributed by atoms with E-state index in [0.717, 1.165) is 18.4 Å². The molecule has 29 heavy (non-hydrogen) atoms. The van der Waals surface area contributed by atoms with E-state index < -0.39 is 11.9 Å². The molecule has 1 saturated carbocycles. The first-order valence-corrected chi connectivity index (χ1v) is 10.2. The van der Waals surface area contributed by atoms with Crippen molar-refractivity contribution in [2.45, 2.75) is 43.4 Å². The summed E-state index contributed by atoms with van der Waals surface area (Å²) in [6.07, 6.45) is 4.42. The van der Waals surface area contributed by atoms with Crippen LogP contribution in [0, 0.1) is 0 Å². The number of benzene rings is 2. The number of primary amides is 1. The quantitative estimate of drug-likeness (QED) is 0.594. The minimum absolute atomic E-state index is 0.0780. The molecule has 6 N–H and O–H groups in total. The summed E-state index contributed by atoms with van der Waals surface area (Å²) in [5.74, 6) is -0.466. The van der Waals surface area contributed by atoms with Crippen molar-refractivity contribution < 1.29 is 9.59 Å². The zero-order valence-electron chi connectivity index (χ0n) is 15.8. The molecule has 1 heterocycles. The average Bonchev–Trinajstić information content (AvgIpc) is 3.29. The predicted octanol–water partition coefficient (Wildman–Crippen LogP) is 3.20. The number of carbonyl (C=O) groups is 2. The fraction of sp³-hybridized carbons (Fsp3) is 0.333. The maximum atomic E-state index is 12.0. The van der Waals surface area contributed by atoms with Gasteiger partial charge in [0.05, 0.1) is 5.66 Å². The van der Waals surface area contributed by atoms with Crippen molar-refractivity contribution in [2.75, 3.05) is 0 Å². The van der Waals surface area contributed by atoms with Gasteiger partial charge in [-0.2, -0.15) is 0 Å². The smallest absolute Gasteiger partial charge is 0.243 e. The number of carbonyl (C=O) groups excluding carboxylic acids is 2. The van der Waals surface area contributed by atoms with Crippen LogP contribution in [0.1, 0.15) is 48.9 Å². The molecule has 1 saturated heterocycles. The van der Waals surface area contributed by atoms with Gasteiger partial charge in [0.1, 0.15) is 12.1 Å².